The molecule has 1 heterocycles. The average molecular weight is 148 g/mol. The number of carbonyl (C=O) groups excluding carboxylic acids is 1. The lowest BCUT2D eigenvalue weighted by atomic mass is 10.3. The molecule has 2 heteroatoms. The number of ketones is 1. The van der Waals surface area contributed by atoms with Gasteiger partial charge in [-0.1, -0.05) is 20.3 Å². The fourth-order valence-electron chi connectivity index (χ4n) is 1.00. The smallest absolute Gasteiger partial charge is 0.191 e. The maximum absolute atomic E-state index is 11.0. The second kappa shape index (κ2) is 2.03. The molecule has 0 radical (unpaired) electrons. The van der Waals surface area contributed by atoms with Gasteiger partial charge in [-0.15, -0.1) is 0 Å². The molecule has 1 aromatic heterocycles. The highest BCUT2D eigenvalue weighted by Gasteiger charge is 2.11. The van der Waals surface area contributed by atoms with Crippen molar-refractivity contribution < 1.29 is 4.79 Å². The van der Waals surface area contributed by atoms with E-state index in [4.69, 9.17) is 0 Å². The van der Waals surface area contributed by atoms with Crippen LogP contribution in [0.3, 0.4) is 0 Å². The molecular formula is C8H5OP. The summed E-state index contributed by atoms with van der Waals surface area (Å²) in [5, 5.41) is 0.919. The van der Waals surface area contributed by atoms with Gasteiger partial charge in [-0.25, -0.2) is 0 Å². The van der Waals surface area contributed by atoms with Crippen LogP contribution >= 0.6 is 8.19 Å². The predicted molar refractivity (Wildman–Crippen MR) is 42.3 cm³/mol. The van der Waals surface area contributed by atoms with Gasteiger partial charge in [-0.2, -0.15) is 0 Å². The van der Waals surface area contributed by atoms with Crippen LogP contribution in [-0.4, -0.2) is 5.78 Å². The predicted octanol–water partition coefficient (Wildman–Crippen LogP) is 2.48. The molecule has 0 saturated heterocycles. The quantitative estimate of drug-likeness (QED) is 0.552. The first-order valence-corrected chi connectivity index (χ1v) is 4.02. The second-order valence-electron chi connectivity index (χ2n) is 2.14. The van der Waals surface area contributed by atoms with Crippen molar-refractivity contribution in [2.45, 2.75) is 0 Å². The minimum Gasteiger partial charge on any atom is -0.289 e. The molecule has 0 saturated carbocycles. The number of carbonyl (C=O) groups is 1. The van der Waals surface area contributed by atoms with Crippen molar-refractivity contribution in [2.75, 3.05) is 0 Å². The van der Waals surface area contributed by atoms with Gasteiger partial charge in [-0.05, 0) is 23.5 Å². The van der Waals surface area contributed by atoms with Crippen LogP contribution in [0.25, 0.3) is 6.08 Å². The largest absolute Gasteiger partial charge is 0.289 e. The second-order valence-corrected chi connectivity index (χ2v) is 3.14. The molecule has 0 aliphatic heterocycles. The first kappa shape index (κ1) is 5.82. The van der Waals surface area contributed by atoms with Gasteiger partial charge >= 0.3 is 0 Å². The minimum absolute atomic E-state index is 0.164. The Bertz CT molecular complexity index is 315. The van der Waals surface area contributed by atoms with E-state index in [0.29, 0.717) is 0 Å². The van der Waals surface area contributed by atoms with Crippen molar-refractivity contribution in [3.05, 3.63) is 34.9 Å². The highest BCUT2D eigenvalue weighted by atomic mass is 31.0. The number of allylic oxidation sites excluding steroid dienone is 1. The molecule has 0 fully saturated rings. The summed E-state index contributed by atoms with van der Waals surface area (Å²) in [5.74, 6) is 2.14. The normalized spacial score (nSPS) is 14.6. The zero-order chi connectivity index (χ0) is 6.97. The third kappa shape index (κ3) is 0.714. The molecular weight excluding hydrogens is 143 g/mol. The third-order valence-corrected chi connectivity index (χ3v) is 2.54. The summed E-state index contributed by atoms with van der Waals surface area (Å²) in [6, 6.07) is 3.94. The van der Waals surface area contributed by atoms with Crippen LogP contribution in [0.15, 0.2) is 24.0 Å². The van der Waals surface area contributed by atoms with Crippen LogP contribution in [0.4, 0.5) is 0 Å². The van der Waals surface area contributed by atoms with Crippen molar-refractivity contribution in [3.63, 3.8) is 0 Å². The Hall–Kier alpha value is -0.940. The van der Waals surface area contributed by atoms with Crippen molar-refractivity contribution in [1.29, 1.82) is 0 Å². The molecule has 0 unspecified atom stereocenters. The van der Waals surface area contributed by atoms with E-state index >= 15 is 0 Å². The lowest BCUT2D eigenvalue weighted by molar-refractivity contribution is 0.105. The van der Waals surface area contributed by atoms with Crippen LogP contribution in [0.1, 0.15) is 15.7 Å². The summed E-state index contributed by atoms with van der Waals surface area (Å²) in [6.07, 6.45) is 3.50. The topological polar surface area (TPSA) is 17.1 Å². The number of hydrogen-bond acceptors (Lipinski definition) is 1. The molecule has 2 rings (SSSR count). The first-order valence-electron chi connectivity index (χ1n) is 3.05. The van der Waals surface area contributed by atoms with E-state index in [-0.39, 0.29) is 5.78 Å². The van der Waals surface area contributed by atoms with E-state index in [1.165, 1.54) is 0 Å². The summed E-state index contributed by atoms with van der Waals surface area (Å²) in [7, 11) is 1.03. The fraction of sp³-hybridized carbons (Fsp3) is 0. The Morgan fingerprint density at radius 3 is 3.00 bits per heavy atom. The fourth-order valence-corrected chi connectivity index (χ4v) is 1.82. The Balaban J connectivity index is 2.70. The first-order chi connectivity index (χ1) is 4.88. The third-order valence-electron chi connectivity index (χ3n) is 1.49. The number of rotatable bonds is 0. The van der Waals surface area contributed by atoms with Gasteiger partial charge in [0.25, 0.3) is 0 Å². The zero-order valence-corrected chi connectivity index (χ0v) is 6.14. The Morgan fingerprint density at radius 1 is 1.30 bits per heavy atom. The SMILES string of the molecule is O=C1C=Cc2cccpc21. The van der Waals surface area contributed by atoms with Crippen LogP contribution in [0.2, 0.25) is 0 Å². The van der Waals surface area contributed by atoms with Gasteiger partial charge in [0.2, 0.25) is 0 Å². The van der Waals surface area contributed by atoms with Crippen molar-refractivity contribution in [3.8, 4) is 0 Å². The minimum atomic E-state index is 0.164. The van der Waals surface area contributed by atoms with E-state index < -0.39 is 0 Å². The molecule has 0 bridgehead atoms. The van der Waals surface area contributed by atoms with Crippen LogP contribution in [0, 0.1) is 0 Å². The molecule has 1 aliphatic carbocycles. The maximum atomic E-state index is 11.0. The van der Waals surface area contributed by atoms with E-state index in [1.54, 1.807) is 6.08 Å². The molecule has 10 heavy (non-hydrogen) atoms. The van der Waals surface area contributed by atoms with Gasteiger partial charge in [0.15, 0.2) is 5.78 Å². The van der Waals surface area contributed by atoms with E-state index in [2.05, 4.69) is 0 Å². The van der Waals surface area contributed by atoms with Crippen molar-refractivity contribution in [2.24, 2.45) is 0 Å². The van der Waals surface area contributed by atoms with E-state index in [1.807, 2.05) is 24.0 Å². The lowest BCUT2D eigenvalue weighted by Crippen LogP contribution is -1.85. The van der Waals surface area contributed by atoms with Crippen LogP contribution < -0.4 is 0 Å². The summed E-state index contributed by atoms with van der Waals surface area (Å²) in [6.45, 7) is 0. The standard InChI is InChI=1S/C8H5OP/c9-7-4-3-6-2-1-5-10-8(6)7/h1-5H. The maximum Gasteiger partial charge on any atom is 0.191 e. The van der Waals surface area contributed by atoms with Crippen molar-refractivity contribution in [1.82, 2.24) is 0 Å². The molecule has 0 atom stereocenters. The van der Waals surface area contributed by atoms with Gasteiger partial charge in [0.05, 0.1) is 5.30 Å². The van der Waals surface area contributed by atoms with Crippen LogP contribution in [-0.2, 0) is 0 Å². The molecule has 48 valence electrons. The average Bonchev–Trinajstić information content (AvgIpc) is 2.34. The van der Waals surface area contributed by atoms with Gasteiger partial charge in [0, 0.05) is 0 Å². The Labute approximate surface area is 60.5 Å². The summed E-state index contributed by atoms with van der Waals surface area (Å²) in [4.78, 5) is 11.0. The number of fused-ring (bicyclic) bond motifs is 1. The highest BCUT2D eigenvalue weighted by molar-refractivity contribution is 7.31. The number of hydrogen-bond donors (Lipinski definition) is 0. The molecule has 1 aromatic rings. The monoisotopic (exact) mass is 148 g/mol. The molecule has 1 nitrogen and oxygen atoms in total. The van der Waals surface area contributed by atoms with Crippen LogP contribution in [0.5, 0.6) is 0 Å². The van der Waals surface area contributed by atoms with E-state index in [0.717, 1.165) is 19.1 Å². The zero-order valence-electron chi connectivity index (χ0n) is 5.24. The Morgan fingerprint density at radius 2 is 2.20 bits per heavy atom. The van der Waals surface area contributed by atoms with Crippen molar-refractivity contribution >= 4 is 20.1 Å². The molecule has 0 amide bonds. The highest BCUT2D eigenvalue weighted by Crippen LogP contribution is 2.25. The molecule has 0 spiro atoms. The summed E-state index contributed by atoms with van der Waals surface area (Å²) < 4.78 is 0. The molecule has 1 aliphatic rings. The van der Waals surface area contributed by atoms with Gasteiger partial charge in [0.1, 0.15) is 0 Å². The Kier molecular flexibility index (Phi) is 1.18. The van der Waals surface area contributed by atoms with Gasteiger partial charge in [-0.3, -0.25) is 4.79 Å². The van der Waals surface area contributed by atoms with E-state index in [9.17, 15) is 4.79 Å². The van der Waals surface area contributed by atoms with Gasteiger partial charge < -0.3 is 0 Å². The summed E-state index contributed by atoms with van der Waals surface area (Å²) >= 11 is 0. The summed E-state index contributed by atoms with van der Waals surface area (Å²) in [5.41, 5.74) is 1.08. The molecule has 0 aromatic carbocycles. The lowest BCUT2D eigenvalue weighted by Gasteiger charge is -1.91. The molecule has 0 N–H and O–H groups in total.